The van der Waals surface area contributed by atoms with Gasteiger partial charge in [-0.15, -0.1) is 5.10 Å². The highest BCUT2D eigenvalue weighted by molar-refractivity contribution is 6.01. The number of benzene rings is 1. The molecule has 0 saturated carbocycles. The molecule has 3 aromatic rings. The summed E-state index contributed by atoms with van der Waals surface area (Å²) < 4.78 is 17.4. The van der Waals surface area contributed by atoms with Crippen molar-refractivity contribution in [3.8, 4) is 23.0 Å². The van der Waals surface area contributed by atoms with Crippen LogP contribution in [0.4, 0.5) is 6.01 Å². The molecule has 0 aliphatic heterocycles. The zero-order chi connectivity index (χ0) is 17.1. The predicted molar refractivity (Wildman–Crippen MR) is 84.0 cm³/mol. The maximum Gasteiger partial charge on any atom is 0.322 e. The zero-order valence-electron chi connectivity index (χ0n) is 13.3. The van der Waals surface area contributed by atoms with Gasteiger partial charge >= 0.3 is 6.01 Å². The number of carbonyl (C=O) groups is 1. The van der Waals surface area contributed by atoms with Crippen molar-refractivity contribution in [2.24, 2.45) is 7.05 Å². The van der Waals surface area contributed by atoms with Gasteiger partial charge < -0.3 is 13.9 Å². The molecule has 1 N–H and O–H groups in total. The minimum Gasteiger partial charge on any atom is -0.497 e. The summed E-state index contributed by atoms with van der Waals surface area (Å²) in [6.07, 6.45) is 1.52. The first-order chi connectivity index (χ1) is 11.6. The lowest BCUT2D eigenvalue weighted by Crippen LogP contribution is -2.16. The number of hydrogen-bond acceptors (Lipinski definition) is 7. The highest BCUT2D eigenvalue weighted by atomic mass is 16.5. The smallest absolute Gasteiger partial charge is 0.322 e. The molecule has 0 bridgehead atoms. The molecule has 1 amide bonds. The number of aromatic nitrogens is 4. The molecule has 124 valence electrons. The Bertz CT molecular complexity index is 870. The molecular weight excluding hydrogens is 314 g/mol. The van der Waals surface area contributed by atoms with Crippen LogP contribution >= 0.6 is 0 Å². The van der Waals surface area contributed by atoms with E-state index in [0.717, 1.165) is 0 Å². The number of nitrogens with one attached hydrogen (secondary N) is 1. The molecule has 9 nitrogen and oxygen atoms in total. The highest BCUT2D eigenvalue weighted by Crippen LogP contribution is 2.33. The van der Waals surface area contributed by atoms with Crippen LogP contribution in [0.1, 0.15) is 10.5 Å². The second kappa shape index (κ2) is 6.41. The molecule has 0 aliphatic carbocycles. The number of rotatable bonds is 5. The van der Waals surface area contributed by atoms with Crippen molar-refractivity contribution in [2.75, 3.05) is 19.5 Å². The summed E-state index contributed by atoms with van der Waals surface area (Å²) in [7, 11) is 4.75. The fourth-order valence-electron chi connectivity index (χ4n) is 2.12. The number of ether oxygens (including phenoxy) is 2. The molecule has 1 aromatic carbocycles. The summed E-state index contributed by atoms with van der Waals surface area (Å²) in [4.78, 5) is 12.1. The van der Waals surface area contributed by atoms with Crippen LogP contribution in [0.5, 0.6) is 11.5 Å². The summed E-state index contributed by atoms with van der Waals surface area (Å²) in [5, 5.41) is 14.2. The van der Waals surface area contributed by atoms with Crippen LogP contribution in [-0.2, 0) is 7.05 Å². The van der Waals surface area contributed by atoms with Crippen LogP contribution in [0.15, 0.2) is 34.9 Å². The van der Waals surface area contributed by atoms with E-state index in [2.05, 4.69) is 20.6 Å². The third-order valence-electron chi connectivity index (χ3n) is 3.34. The fraction of sp³-hybridized carbons (Fsp3) is 0.200. The van der Waals surface area contributed by atoms with Crippen molar-refractivity contribution in [2.45, 2.75) is 0 Å². The van der Waals surface area contributed by atoms with E-state index in [0.29, 0.717) is 22.8 Å². The van der Waals surface area contributed by atoms with E-state index < -0.39 is 5.91 Å². The molecule has 0 unspecified atom stereocenters. The maximum atomic E-state index is 12.1. The van der Waals surface area contributed by atoms with Crippen molar-refractivity contribution in [3.63, 3.8) is 0 Å². The first kappa shape index (κ1) is 15.5. The lowest BCUT2D eigenvalue weighted by molar-refractivity contribution is 0.101. The minimum atomic E-state index is -0.400. The van der Waals surface area contributed by atoms with Crippen molar-refractivity contribution in [1.29, 1.82) is 0 Å². The Morgan fingerprint density at radius 2 is 2.04 bits per heavy atom. The van der Waals surface area contributed by atoms with E-state index in [1.807, 2.05) is 0 Å². The zero-order valence-corrected chi connectivity index (χ0v) is 13.3. The van der Waals surface area contributed by atoms with Crippen molar-refractivity contribution < 1.29 is 18.7 Å². The summed E-state index contributed by atoms with van der Waals surface area (Å²) in [5.74, 6) is 0.960. The minimum absolute atomic E-state index is 0.0268. The van der Waals surface area contributed by atoms with E-state index in [4.69, 9.17) is 13.9 Å². The molecule has 2 aromatic heterocycles. The standard InChI is InChI=1S/C15H15N5O4/c1-20-11(6-7-16-20)13(21)17-15-19-18-14(24-15)10-8-9(22-2)4-5-12(10)23-3/h4-8H,1-3H3,(H,17,19,21). The molecular formula is C15H15N5O4. The van der Waals surface area contributed by atoms with Crippen molar-refractivity contribution in [1.82, 2.24) is 20.0 Å². The van der Waals surface area contributed by atoms with E-state index in [-0.39, 0.29) is 11.9 Å². The van der Waals surface area contributed by atoms with Crippen LogP contribution in [0.3, 0.4) is 0 Å². The monoisotopic (exact) mass is 329 g/mol. The third kappa shape index (κ3) is 2.91. The summed E-state index contributed by atoms with van der Waals surface area (Å²) in [6, 6.07) is 6.74. The van der Waals surface area contributed by atoms with Gasteiger partial charge in [0, 0.05) is 13.2 Å². The molecule has 0 saturated heterocycles. The van der Waals surface area contributed by atoms with E-state index in [1.54, 1.807) is 38.4 Å². The first-order valence-corrected chi connectivity index (χ1v) is 6.97. The highest BCUT2D eigenvalue weighted by Gasteiger charge is 2.17. The fourth-order valence-corrected chi connectivity index (χ4v) is 2.12. The molecule has 0 atom stereocenters. The average Bonchev–Trinajstić information content (AvgIpc) is 3.23. The molecule has 24 heavy (non-hydrogen) atoms. The quantitative estimate of drug-likeness (QED) is 0.760. The van der Waals surface area contributed by atoms with Gasteiger partial charge in [-0.3, -0.25) is 14.8 Å². The maximum absolute atomic E-state index is 12.1. The number of carbonyl (C=O) groups excluding carboxylic acids is 1. The lowest BCUT2D eigenvalue weighted by Gasteiger charge is -2.07. The van der Waals surface area contributed by atoms with E-state index in [9.17, 15) is 4.79 Å². The van der Waals surface area contributed by atoms with Gasteiger partial charge in [0.25, 0.3) is 11.8 Å². The summed E-state index contributed by atoms with van der Waals surface area (Å²) in [6.45, 7) is 0. The Balaban J connectivity index is 1.86. The number of amides is 1. The van der Waals surface area contributed by atoms with Gasteiger partial charge in [-0.25, -0.2) is 0 Å². The Hall–Kier alpha value is -3.36. The third-order valence-corrected chi connectivity index (χ3v) is 3.34. The van der Waals surface area contributed by atoms with Crippen molar-refractivity contribution in [3.05, 3.63) is 36.2 Å². The Labute approximate surface area is 137 Å². The average molecular weight is 329 g/mol. The SMILES string of the molecule is COc1ccc(OC)c(-c2nnc(NC(=O)c3ccnn3C)o2)c1. The van der Waals surface area contributed by atoms with Crippen LogP contribution in [-0.4, -0.2) is 40.1 Å². The normalized spacial score (nSPS) is 10.5. The molecule has 9 heteroatoms. The van der Waals surface area contributed by atoms with Gasteiger partial charge in [0.15, 0.2) is 0 Å². The molecule has 0 aliphatic rings. The summed E-state index contributed by atoms with van der Waals surface area (Å²) in [5.41, 5.74) is 0.930. The molecule has 0 fully saturated rings. The molecule has 2 heterocycles. The van der Waals surface area contributed by atoms with Gasteiger partial charge in [0.05, 0.1) is 19.8 Å². The van der Waals surface area contributed by atoms with Crippen molar-refractivity contribution >= 4 is 11.9 Å². The van der Waals surface area contributed by atoms with E-state index in [1.165, 1.54) is 18.0 Å². The van der Waals surface area contributed by atoms with Gasteiger partial charge in [-0.05, 0) is 24.3 Å². The van der Waals surface area contributed by atoms with E-state index >= 15 is 0 Å². The molecule has 0 radical (unpaired) electrons. The Kier molecular flexibility index (Phi) is 4.15. The number of anilines is 1. The van der Waals surface area contributed by atoms with Crippen LogP contribution in [0.25, 0.3) is 11.5 Å². The van der Waals surface area contributed by atoms with Crippen LogP contribution in [0.2, 0.25) is 0 Å². The van der Waals surface area contributed by atoms with Crippen LogP contribution in [0, 0.1) is 0 Å². The predicted octanol–water partition coefficient (Wildman–Crippen LogP) is 1.74. The largest absolute Gasteiger partial charge is 0.497 e. The van der Waals surface area contributed by atoms with Gasteiger partial charge in [-0.1, -0.05) is 5.10 Å². The second-order valence-electron chi connectivity index (χ2n) is 4.77. The van der Waals surface area contributed by atoms with Gasteiger partial charge in [0.1, 0.15) is 17.2 Å². The molecule has 0 spiro atoms. The number of methoxy groups -OCH3 is 2. The number of nitrogens with zero attached hydrogens (tertiary/aromatic N) is 4. The lowest BCUT2D eigenvalue weighted by atomic mass is 10.2. The Morgan fingerprint density at radius 1 is 1.21 bits per heavy atom. The molecule has 3 rings (SSSR count). The summed E-state index contributed by atoms with van der Waals surface area (Å²) >= 11 is 0. The topological polar surface area (TPSA) is 104 Å². The van der Waals surface area contributed by atoms with Gasteiger partial charge in [-0.2, -0.15) is 5.10 Å². The number of aryl methyl sites for hydroxylation is 1. The van der Waals surface area contributed by atoms with Gasteiger partial charge in [0.2, 0.25) is 0 Å². The number of hydrogen-bond donors (Lipinski definition) is 1. The first-order valence-electron chi connectivity index (χ1n) is 6.97. The van der Waals surface area contributed by atoms with Crippen LogP contribution < -0.4 is 14.8 Å². The second-order valence-corrected chi connectivity index (χ2v) is 4.77. The Morgan fingerprint density at radius 3 is 2.71 bits per heavy atom.